The minimum Gasteiger partial charge on any atom is -0.353 e. The quantitative estimate of drug-likeness (QED) is 0.872. The van der Waals surface area contributed by atoms with Gasteiger partial charge in [0.1, 0.15) is 6.04 Å². The molecular weight excluding hydrogens is 298 g/mol. The fourth-order valence-electron chi connectivity index (χ4n) is 4.19. The molecule has 2 fully saturated rings. The Kier molecular flexibility index (Phi) is 6.27. The van der Waals surface area contributed by atoms with Crippen molar-refractivity contribution in [1.82, 2.24) is 15.1 Å². The first kappa shape index (κ1) is 17.4. The van der Waals surface area contributed by atoms with E-state index in [1.807, 2.05) is 18.2 Å². The van der Waals surface area contributed by atoms with Gasteiger partial charge in [-0.1, -0.05) is 43.7 Å². The lowest BCUT2D eigenvalue weighted by atomic mass is 10.0. The number of carbonyl (C=O) groups excluding carboxylic acids is 1. The van der Waals surface area contributed by atoms with Gasteiger partial charge in [-0.3, -0.25) is 14.6 Å². The first-order chi connectivity index (χ1) is 11.8. The van der Waals surface area contributed by atoms with E-state index in [2.05, 4.69) is 34.2 Å². The molecule has 2 unspecified atom stereocenters. The number of piperidine rings is 1. The topological polar surface area (TPSA) is 35.6 Å². The maximum absolute atomic E-state index is 13.0. The van der Waals surface area contributed by atoms with Crippen LogP contribution in [-0.2, 0) is 4.79 Å². The summed E-state index contributed by atoms with van der Waals surface area (Å²) in [4.78, 5) is 17.8. The van der Waals surface area contributed by atoms with Gasteiger partial charge in [0.05, 0.1) is 0 Å². The smallest absolute Gasteiger partial charge is 0.242 e. The molecular formula is C20H31N3O. The molecule has 2 saturated heterocycles. The molecule has 4 heteroatoms. The lowest BCUT2D eigenvalue weighted by Gasteiger charge is -2.35. The average Bonchev–Trinajstić information content (AvgIpc) is 3.15. The van der Waals surface area contributed by atoms with E-state index in [-0.39, 0.29) is 11.9 Å². The predicted octanol–water partition coefficient (Wildman–Crippen LogP) is 2.81. The average molecular weight is 329 g/mol. The number of likely N-dealkylation sites (N-methyl/N-ethyl adjacent to an activating group) is 1. The van der Waals surface area contributed by atoms with Crippen LogP contribution in [0, 0.1) is 0 Å². The number of nitrogens with one attached hydrogen (secondary N) is 1. The molecule has 0 saturated carbocycles. The fraction of sp³-hybridized carbons (Fsp3) is 0.650. The van der Waals surface area contributed by atoms with Crippen molar-refractivity contribution >= 4 is 5.91 Å². The van der Waals surface area contributed by atoms with Crippen molar-refractivity contribution in [2.45, 2.75) is 51.1 Å². The highest BCUT2D eigenvalue weighted by molar-refractivity contribution is 5.83. The molecule has 2 aliphatic heterocycles. The first-order valence-corrected chi connectivity index (χ1v) is 9.60. The Bertz CT molecular complexity index is 513. The minimum atomic E-state index is -0.132. The first-order valence-electron chi connectivity index (χ1n) is 9.60. The maximum Gasteiger partial charge on any atom is 0.242 e. The highest BCUT2D eigenvalue weighted by Gasteiger charge is 2.30. The number of carbonyl (C=O) groups is 1. The molecule has 2 aliphatic rings. The van der Waals surface area contributed by atoms with Gasteiger partial charge in [0.2, 0.25) is 5.91 Å². The van der Waals surface area contributed by atoms with E-state index in [0.29, 0.717) is 6.04 Å². The Balaban J connectivity index is 1.65. The molecule has 1 N–H and O–H groups in total. The predicted molar refractivity (Wildman–Crippen MR) is 97.9 cm³/mol. The van der Waals surface area contributed by atoms with Crippen LogP contribution >= 0.6 is 0 Å². The molecule has 4 nitrogen and oxygen atoms in total. The second-order valence-corrected chi connectivity index (χ2v) is 7.08. The lowest BCUT2D eigenvalue weighted by molar-refractivity contribution is -0.126. The van der Waals surface area contributed by atoms with Gasteiger partial charge in [-0.25, -0.2) is 0 Å². The van der Waals surface area contributed by atoms with E-state index in [0.717, 1.165) is 31.7 Å². The van der Waals surface area contributed by atoms with Crippen LogP contribution in [0.3, 0.4) is 0 Å². The van der Waals surface area contributed by atoms with Gasteiger partial charge in [0, 0.05) is 12.6 Å². The Labute approximate surface area is 146 Å². The van der Waals surface area contributed by atoms with Crippen LogP contribution in [0.25, 0.3) is 0 Å². The molecule has 1 aromatic carbocycles. The number of benzene rings is 1. The summed E-state index contributed by atoms with van der Waals surface area (Å²) < 4.78 is 0. The largest absolute Gasteiger partial charge is 0.353 e. The zero-order valence-corrected chi connectivity index (χ0v) is 14.9. The molecule has 2 heterocycles. The Morgan fingerprint density at radius 2 is 1.83 bits per heavy atom. The summed E-state index contributed by atoms with van der Waals surface area (Å²) in [6, 6.07) is 10.6. The van der Waals surface area contributed by atoms with Crippen LogP contribution in [0.5, 0.6) is 0 Å². The summed E-state index contributed by atoms with van der Waals surface area (Å²) in [7, 11) is 0. The van der Waals surface area contributed by atoms with Crippen LogP contribution in [0.1, 0.15) is 50.6 Å². The van der Waals surface area contributed by atoms with Gasteiger partial charge in [-0.05, 0) is 57.4 Å². The Morgan fingerprint density at radius 3 is 2.54 bits per heavy atom. The van der Waals surface area contributed by atoms with Crippen LogP contribution in [-0.4, -0.2) is 54.5 Å². The summed E-state index contributed by atoms with van der Waals surface area (Å²) in [5.74, 6) is 0.171. The summed E-state index contributed by atoms with van der Waals surface area (Å²) in [6.45, 7) is 7.30. The highest BCUT2D eigenvalue weighted by Crippen LogP contribution is 2.25. The number of amides is 1. The molecule has 0 aliphatic carbocycles. The summed E-state index contributed by atoms with van der Waals surface area (Å²) in [6.07, 6.45) is 6.17. The Morgan fingerprint density at radius 1 is 1.12 bits per heavy atom. The van der Waals surface area contributed by atoms with Gasteiger partial charge in [0.25, 0.3) is 0 Å². The molecule has 3 rings (SSSR count). The molecule has 1 amide bonds. The van der Waals surface area contributed by atoms with Crippen molar-refractivity contribution in [2.24, 2.45) is 0 Å². The van der Waals surface area contributed by atoms with Crippen molar-refractivity contribution < 1.29 is 4.79 Å². The maximum atomic E-state index is 13.0. The molecule has 1 aromatic rings. The lowest BCUT2D eigenvalue weighted by Crippen LogP contribution is -2.48. The van der Waals surface area contributed by atoms with Crippen LogP contribution in [0.2, 0.25) is 0 Å². The van der Waals surface area contributed by atoms with E-state index in [1.165, 1.54) is 38.6 Å². The van der Waals surface area contributed by atoms with E-state index in [1.54, 1.807) is 0 Å². The number of likely N-dealkylation sites (tertiary alicyclic amines) is 2. The second kappa shape index (κ2) is 8.63. The third-order valence-electron chi connectivity index (χ3n) is 5.54. The van der Waals surface area contributed by atoms with Gasteiger partial charge in [-0.2, -0.15) is 0 Å². The molecule has 132 valence electrons. The highest BCUT2D eigenvalue weighted by atomic mass is 16.2. The molecule has 24 heavy (non-hydrogen) atoms. The van der Waals surface area contributed by atoms with Gasteiger partial charge >= 0.3 is 0 Å². The molecule has 0 spiro atoms. The number of hydrogen-bond acceptors (Lipinski definition) is 3. The third kappa shape index (κ3) is 4.17. The van der Waals surface area contributed by atoms with Gasteiger partial charge in [0.15, 0.2) is 0 Å². The molecule has 0 aromatic heterocycles. The summed E-state index contributed by atoms with van der Waals surface area (Å²) >= 11 is 0. The van der Waals surface area contributed by atoms with Crippen molar-refractivity contribution in [3.05, 3.63) is 35.9 Å². The number of hydrogen-bond donors (Lipinski definition) is 1. The van der Waals surface area contributed by atoms with E-state index >= 15 is 0 Å². The second-order valence-electron chi connectivity index (χ2n) is 7.08. The molecule has 2 atom stereocenters. The zero-order chi connectivity index (χ0) is 16.8. The van der Waals surface area contributed by atoms with Crippen molar-refractivity contribution in [3.63, 3.8) is 0 Å². The van der Waals surface area contributed by atoms with Crippen molar-refractivity contribution in [1.29, 1.82) is 0 Å². The zero-order valence-electron chi connectivity index (χ0n) is 14.9. The number of nitrogens with zero attached hydrogens (tertiary/aromatic N) is 2. The number of rotatable bonds is 6. The fourth-order valence-corrected chi connectivity index (χ4v) is 4.19. The normalized spacial score (nSPS) is 24.0. The van der Waals surface area contributed by atoms with Crippen molar-refractivity contribution in [3.8, 4) is 0 Å². The van der Waals surface area contributed by atoms with Crippen LogP contribution < -0.4 is 5.32 Å². The van der Waals surface area contributed by atoms with Gasteiger partial charge < -0.3 is 5.32 Å². The summed E-state index contributed by atoms with van der Waals surface area (Å²) in [5, 5.41) is 3.27. The van der Waals surface area contributed by atoms with E-state index < -0.39 is 0 Å². The van der Waals surface area contributed by atoms with Crippen molar-refractivity contribution in [2.75, 3.05) is 32.7 Å². The molecule has 0 radical (unpaired) electrons. The summed E-state index contributed by atoms with van der Waals surface area (Å²) in [5.41, 5.74) is 1.12. The Hall–Kier alpha value is -1.39. The van der Waals surface area contributed by atoms with Crippen LogP contribution in [0.4, 0.5) is 0 Å². The van der Waals surface area contributed by atoms with E-state index in [4.69, 9.17) is 0 Å². The monoisotopic (exact) mass is 329 g/mol. The minimum absolute atomic E-state index is 0.132. The van der Waals surface area contributed by atoms with Gasteiger partial charge in [-0.15, -0.1) is 0 Å². The molecule has 0 bridgehead atoms. The SMILES string of the molecule is CCN1CCCCC1CNC(=O)C(c1ccccc1)N1CCCC1. The third-order valence-corrected chi connectivity index (χ3v) is 5.54. The van der Waals surface area contributed by atoms with E-state index in [9.17, 15) is 4.79 Å². The van der Waals surface area contributed by atoms with Crippen LogP contribution in [0.15, 0.2) is 30.3 Å². The standard InChI is InChI=1S/C20H31N3O/c1-2-22-13-7-6-12-18(22)16-21-20(24)19(23-14-8-9-15-23)17-10-4-3-5-11-17/h3-5,10-11,18-19H,2,6-9,12-16H2,1H3,(H,21,24).